The quantitative estimate of drug-likeness (QED) is 0.714. The summed E-state index contributed by atoms with van der Waals surface area (Å²) in [6, 6.07) is 2.26. The molecule has 0 atom stereocenters. The van der Waals surface area contributed by atoms with Crippen LogP contribution in [0.15, 0.2) is 23.1 Å². The van der Waals surface area contributed by atoms with Crippen LogP contribution in [0.4, 0.5) is 14.9 Å². The number of nitrogens with one attached hydrogen (secondary N) is 2. The van der Waals surface area contributed by atoms with Crippen LogP contribution >= 0.6 is 0 Å². The molecule has 0 saturated carbocycles. The summed E-state index contributed by atoms with van der Waals surface area (Å²) in [6.07, 6.45) is 1.70. The maximum atomic E-state index is 13.1. The van der Waals surface area contributed by atoms with Gasteiger partial charge in [-0.25, -0.2) is 22.7 Å². The van der Waals surface area contributed by atoms with Gasteiger partial charge < -0.3 is 10.6 Å². The fourth-order valence-corrected chi connectivity index (χ4v) is 2.07. The normalized spacial score (nSPS) is 11.1. The van der Waals surface area contributed by atoms with E-state index in [2.05, 4.69) is 10.6 Å². The van der Waals surface area contributed by atoms with Crippen molar-refractivity contribution in [1.82, 2.24) is 5.32 Å². The van der Waals surface area contributed by atoms with Crippen molar-refractivity contribution in [2.45, 2.75) is 24.7 Å². The van der Waals surface area contributed by atoms with E-state index >= 15 is 0 Å². The van der Waals surface area contributed by atoms with E-state index in [1.807, 2.05) is 6.92 Å². The Bertz CT molecular complexity index is 560. The van der Waals surface area contributed by atoms with E-state index in [0.717, 1.165) is 31.0 Å². The average Bonchev–Trinajstić information content (AvgIpc) is 2.27. The lowest BCUT2D eigenvalue weighted by atomic mass is 10.3. The zero-order valence-corrected chi connectivity index (χ0v) is 11.3. The number of urea groups is 1. The monoisotopic (exact) mass is 289 g/mol. The second-order valence-corrected chi connectivity index (χ2v) is 5.45. The third-order valence-corrected chi connectivity index (χ3v) is 3.28. The van der Waals surface area contributed by atoms with Gasteiger partial charge in [0, 0.05) is 6.54 Å². The van der Waals surface area contributed by atoms with Crippen molar-refractivity contribution in [2.24, 2.45) is 5.14 Å². The van der Waals surface area contributed by atoms with Gasteiger partial charge in [-0.3, -0.25) is 0 Å². The zero-order chi connectivity index (χ0) is 14.5. The summed E-state index contributed by atoms with van der Waals surface area (Å²) in [4.78, 5) is 11.2. The van der Waals surface area contributed by atoms with Crippen LogP contribution in [0.5, 0.6) is 0 Å². The van der Waals surface area contributed by atoms with Gasteiger partial charge in [-0.2, -0.15) is 0 Å². The lowest BCUT2D eigenvalue weighted by Gasteiger charge is -2.10. The number of sulfonamides is 1. The van der Waals surface area contributed by atoms with Crippen molar-refractivity contribution in [2.75, 3.05) is 11.9 Å². The number of nitrogens with two attached hydrogens (primary N) is 1. The van der Waals surface area contributed by atoms with Crippen LogP contribution in [-0.2, 0) is 10.0 Å². The number of amides is 2. The average molecular weight is 289 g/mol. The van der Waals surface area contributed by atoms with Gasteiger partial charge >= 0.3 is 6.03 Å². The second-order valence-electron chi connectivity index (χ2n) is 3.92. The summed E-state index contributed by atoms with van der Waals surface area (Å²) in [5.74, 6) is -0.670. The highest BCUT2D eigenvalue weighted by Gasteiger charge is 2.16. The molecule has 1 aromatic rings. The van der Waals surface area contributed by atoms with E-state index < -0.39 is 21.9 Å². The first-order valence-corrected chi connectivity index (χ1v) is 7.26. The second kappa shape index (κ2) is 6.48. The molecular formula is C11H16FN3O3S. The van der Waals surface area contributed by atoms with Crippen LogP contribution in [0.25, 0.3) is 0 Å². The molecule has 19 heavy (non-hydrogen) atoms. The van der Waals surface area contributed by atoms with Gasteiger partial charge in [0.2, 0.25) is 10.0 Å². The molecule has 0 aliphatic heterocycles. The Morgan fingerprint density at radius 1 is 1.42 bits per heavy atom. The molecule has 4 N–H and O–H groups in total. The number of primary sulfonamides is 1. The first-order chi connectivity index (χ1) is 8.84. The number of hydrogen-bond acceptors (Lipinski definition) is 3. The number of halogens is 1. The first kappa shape index (κ1) is 15.4. The number of anilines is 1. The Balaban J connectivity index is 2.88. The van der Waals surface area contributed by atoms with Gasteiger partial charge in [0.05, 0.1) is 5.69 Å². The van der Waals surface area contributed by atoms with E-state index in [0.29, 0.717) is 6.54 Å². The number of rotatable bonds is 5. The van der Waals surface area contributed by atoms with E-state index in [-0.39, 0.29) is 10.6 Å². The molecule has 0 fully saturated rings. The number of unbranched alkanes of at least 4 members (excludes halogenated alkanes) is 1. The standard InChI is InChI=1S/C11H16FN3O3S/c1-2-3-6-14-11(16)15-9-7-8(12)4-5-10(9)19(13,17)18/h4-5,7H,2-3,6H2,1H3,(H2,13,17,18)(H2,14,15,16). The topological polar surface area (TPSA) is 101 Å². The first-order valence-electron chi connectivity index (χ1n) is 5.71. The number of benzene rings is 1. The smallest absolute Gasteiger partial charge is 0.319 e. The van der Waals surface area contributed by atoms with E-state index in [9.17, 15) is 17.6 Å². The molecule has 0 aromatic heterocycles. The van der Waals surface area contributed by atoms with Crippen LogP contribution in [0.2, 0.25) is 0 Å². The van der Waals surface area contributed by atoms with E-state index in [4.69, 9.17) is 5.14 Å². The molecule has 0 saturated heterocycles. The molecule has 0 bridgehead atoms. The summed E-state index contributed by atoms with van der Waals surface area (Å²) >= 11 is 0. The summed E-state index contributed by atoms with van der Waals surface area (Å²) in [6.45, 7) is 2.41. The largest absolute Gasteiger partial charge is 0.338 e. The lowest BCUT2D eigenvalue weighted by Crippen LogP contribution is -2.30. The van der Waals surface area contributed by atoms with Crippen molar-refractivity contribution in [3.8, 4) is 0 Å². The highest BCUT2D eigenvalue weighted by molar-refractivity contribution is 7.89. The lowest BCUT2D eigenvalue weighted by molar-refractivity contribution is 0.252. The number of carbonyl (C=O) groups is 1. The van der Waals surface area contributed by atoms with Gasteiger partial charge in [0.15, 0.2) is 0 Å². The molecule has 1 aromatic carbocycles. The predicted octanol–water partition coefficient (Wildman–Crippen LogP) is 1.39. The van der Waals surface area contributed by atoms with Crippen molar-refractivity contribution in [3.63, 3.8) is 0 Å². The Kier molecular flexibility index (Phi) is 5.25. The fraction of sp³-hybridized carbons (Fsp3) is 0.364. The van der Waals surface area contributed by atoms with Gasteiger partial charge in [0.1, 0.15) is 10.7 Å². The molecule has 2 amide bonds. The zero-order valence-electron chi connectivity index (χ0n) is 10.4. The van der Waals surface area contributed by atoms with Crippen LogP contribution < -0.4 is 15.8 Å². The van der Waals surface area contributed by atoms with Crippen LogP contribution in [-0.4, -0.2) is 21.0 Å². The Morgan fingerprint density at radius 2 is 2.11 bits per heavy atom. The van der Waals surface area contributed by atoms with Gasteiger partial charge in [-0.15, -0.1) is 0 Å². The Morgan fingerprint density at radius 3 is 2.68 bits per heavy atom. The molecule has 0 radical (unpaired) electrons. The van der Waals surface area contributed by atoms with E-state index in [1.54, 1.807) is 0 Å². The highest BCUT2D eigenvalue weighted by atomic mass is 32.2. The third-order valence-electron chi connectivity index (χ3n) is 2.31. The Labute approximate surface area is 111 Å². The SMILES string of the molecule is CCCCNC(=O)Nc1cc(F)ccc1S(N)(=O)=O. The third kappa shape index (κ3) is 4.84. The van der Waals surface area contributed by atoms with Crippen LogP contribution in [0.1, 0.15) is 19.8 Å². The molecule has 1 rings (SSSR count). The number of hydrogen-bond donors (Lipinski definition) is 3. The minimum absolute atomic E-state index is 0.184. The molecule has 0 heterocycles. The maximum Gasteiger partial charge on any atom is 0.319 e. The van der Waals surface area contributed by atoms with Gasteiger partial charge in [-0.05, 0) is 24.6 Å². The van der Waals surface area contributed by atoms with Crippen molar-refractivity contribution in [1.29, 1.82) is 0 Å². The molecule has 0 spiro atoms. The molecular weight excluding hydrogens is 273 g/mol. The summed E-state index contributed by atoms with van der Waals surface area (Å²) in [5.41, 5.74) is -0.184. The summed E-state index contributed by atoms with van der Waals surface area (Å²) < 4.78 is 35.7. The maximum absolute atomic E-state index is 13.1. The number of carbonyl (C=O) groups excluding carboxylic acids is 1. The summed E-state index contributed by atoms with van der Waals surface area (Å²) in [7, 11) is -4.03. The fourth-order valence-electron chi connectivity index (χ4n) is 1.39. The molecule has 0 aliphatic rings. The highest BCUT2D eigenvalue weighted by Crippen LogP contribution is 2.20. The Hall–Kier alpha value is -1.67. The van der Waals surface area contributed by atoms with Gasteiger partial charge in [0.25, 0.3) is 0 Å². The molecule has 0 aliphatic carbocycles. The molecule has 106 valence electrons. The van der Waals surface area contributed by atoms with Crippen LogP contribution in [0.3, 0.4) is 0 Å². The van der Waals surface area contributed by atoms with Crippen molar-refractivity contribution >= 4 is 21.7 Å². The summed E-state index contributed by atoms with van der Waals surface area (Å²) in [5, 5.41) is 9.77. The molecule has 0 unspecified atom stereocenters. The van der Waals surface area contributed by atoms with Crippen molar-refractivity contribution in [3.05, 3.63) is 24.0 Å². The van der Waals surface area contributed by atoms with Crippen LogP contribution in [0, 0.1) is 5.82 Å². The minimum atomic E-state index is -4.03. The molecule has 8 heteroatoms. The predicted molar refractivity (Wildman–Crippen MR) is 69.7 cm³/mol. The van der Waals surface area contributed by atoms with Gasteiger partial charge in [-0.1, -0.05) is 13.3 Å². The molecule has 6 nitrogen and oxygen atoms in total. The van der Waals surface area contributed by atoms with Crippen molar-refractivity contribution < 1.29 is 17.6 Å². The minimum Gasteiger partial charge on any atom is -0.338 e. The van der Waals surface area contributed by atoms with E-state index in [1.165, 1.54) is 0 Å².